The Morgan fingerprint density at radius 2 is 1.95 bits per heavy atom. The molecule has 0 saturated carbocycles. The lowest BCUT2D eigenvalue weighted by Crippen LogP contribution is -2.45. The van der Waals surface area contributed by atoms with Gasteiger partial charge in [0.05, 0.1) is 0 Å². The molecule has 0 unspecified atom stereocenters. The molecule has 0 spiro atoms. The van der Waals surface area contributed by atoms with Crippen molar-refractivity contribution in [2.24, 2.45) is 0 Å². The van der Waals surface area contributed by atoms with Gasteiger partial charge in [-0.15, -0.1) is 24.8 Å². The lowest BCUT2D eigenvalue weighted by atomic mass is 9.98. The van der Waals surface area contributed by atoms with Crippen molar-refractivity contribution in [1.29, 1.82) is 0 Å². The molecule has 1 atom stereocenters. The highest BCUT2D eigenvalue weighted by Crippen LogP contribution is 2.32. The number of benzene rings is 1. The largest absolute Gasteiger partial charge is 0.314 e. The molecule has 122 valence electrons. The monoisotopic (exact) mass is 356 g/mol. The zero-order valence-corrected chi connectivity index (χ0v) is 14.7. The predicted octanol–water partition coefficient (Wildman–Crippen LogP) is 4.46. The second-order valence-electron chi connectivity index (χ2n) is 5.11. The first-order valence-electron chi connectivity index (χ1n) is 7.12. The highest BCUT2D eigenvalue weighted by molar-refractivity contribution is 6.31. The molecule has 1 saturated heterocycles. The number of nitrogens with zero attached hydrogens (tertiary/aromatic N) is 1. The van der Waals surface area contributed by atoms with E-state index in [2.05, 4.69) is 17.1 Å². The van der Waals surface area contributed by atoms with Gasteiger partial charge < -0.3 is 5.32 Å². The number of piperazine rings is 1. The summed E-state index contributed by atoms with van der Waals surface area (Å²) < 4.78 is 13.5. The van der Waals surface area contributed by atoms with Gasteiger partial charge in [-0.05, 0) is 30.2 Å². The molecule has 0 radical (unpaired) electrons. The Morgan fingerprint density at radius 3 is 2.57 bits per heavy atom. The number of rotatable bonds is 5. The van der Waals surface area contributed by atoms with Gasteiger partial charge in [0.25, 0.3) is 0 Å². The summed E-state index contributed by atoms with van der Waals surface area (Å²) >= 11 is 6.28. The van der Waals surface area contributed by atoms with Gasteiger partial charge in [-0.3, -0.25) is 4.90 Å². The van der Waals surface area contributed by atoms with E-state index >= 15 is 0 Å². The highest BCUT2D eigenvalue weighted by Gasteiger charge is 2.23. The van der Waals surface area contributed by atoms with Crippen LogP contribution in [0, 0.1) is 5.82 Å². The van der Waals surface area contributed by atoms with Crippen LogP contribution in [-0.2, 0) is 0 Å². The van der Waals surface area contributed by atoms with Crippen molar-refractivity contribution in [1.82, 2.24) is 10.2 Å². The maximum atomic E-state index is 13.5. The van der Waals surface area contributed by atoms with Crippen LogP contribution in [0.25, 0.3) is 0 Å². The SMILES string of the molecule is CCCC[C@@H](c1cc(F)ccc1Cl)N1CCNCC1.Cl.Cl. The zero-order chi connectivity index (χ0) is 13.7. The first-order valence-corrected chi connectivity index (χ1v) is 7.50. The van der Waals surface area contributed by atoms with Crippen molar-refractivity contribution < 1.29 is 4.39 Å². The van der Waals surface area contributed by atoms with Gasteiger partial charge in [0.15, 0.2) is 0 Å². The van der Waals surface area contributed by atoms with E-state index in [-0.39, 0.29) is 36.7 Å². The van der Waals surface area contributed by atoms with Crippen LogP contribution in [0.1, 0.15) is 37.8 Å². The van der Waals surface area contributed by atoms with Gasteiger partial charge >= 0.3 is 0 Å². The molecule has 1 fully saturated rings. The maximum absolute atomic E-state index is 13.5. The van der Waals surface area contributed by atoms with Crippen molar-refractivity contribution in [3.63, 3.8) is 0 Å². The molecule has 1 aromatic rings. The van der Waals surface area contributed by atoms with Crippen LogP contribution in [0.2, 0.25) is 5.02 Å². The second-order valence-corrected chi connectivity index (χ2v) is 5.52. The Bertz CT molecular complexity index is 412. The van der Waals surface area contributed by atoms with Crippen LogP contribution in [0.3, 0.4) is 0 Å². The summed E-state index contributed by atoms with van der Waals surface area (Å²) in [5.41, 5.74) is 0.942. The molecule has 0 aliphatic carbocycles. The average molecular weight is 358 g/mol. The molecule has 21 heavy (non-hydrogen) atoms. The first kappa shape index (κ1) is 20.9. The summed E-state index contributed by atoms with van der Waals surface area (Å²) in [7, 11) is 0. The molecule has 1 aromatic carbocycles. The molecule has 0 amide bonds. The molecule has 6 heteroatoms. The fourth-order valence-electron chi connectivity index (χ4n) is 2.70. The van der Waals surface area contributed by atoms with Gasteiger partial charge in [-0.25, -0.2) is 4.39 Å². The Labute approximate surface area is 144 Å². The fourth-order valence-corrected chi connectivity index (χ4v) is 2.94. The summed E-state index contributed by atoms with van der Waals surface area (Å²) in [6, 6.07) is 4.95. The molecule has 1 aliphatic rings. The van der Waals surface area contributed by atoms with Gasteiger partial charge in [0, 0.05) is 37.2 Å². The van der Waals surface area contributed by atoms with E-state index in [9.17, 15) is 4.39 Å². The van der Waals surface area contributed by atoms with Crippen LogP contribution in [0.5, 0.6) is 0 Å². The van der Waals surface area contributed by atoms with Crippen molar-refractivity contribution in [3.8, 4) is 0 Å². The Kier molecular flexibility index (Phi) is 10.6. The van der Waals surface area contributed by atoms with E-state index in [0.717, 1.165) is 51.0 Å². The minimum Gasteiger partial charge on any atom is -0.314 e. The van der Waals surface area contributed by atoms with Crippen LogP contribution >= 0.6 is 36.4 Å². The van der Waals surface area contributed by atoms with Crippen LogP contribution in [-0.4, -0.2) is 31.1 Å². The lowest BCUT2D eigenvalue weighted by molar-refractivity contribution is 0.163. The smallest absolute Gasteiger partial charge is 0.123 e. The molecule has 0 bridgehead atoms. The number of nitrogens with one attached hydrogen (secondary N) is 1. The van der Waals surface area contributed by atoms with Crippen molar-refractivity contribution in [3.05, 3.63) is 34.6 Å². The van der Waals surface area contributed by atoms with Gasteiger partial charge in [-0.1, -0.05) is 31.4 Å². The van der Waals surface area contributed by atoms with Gasteiger partial charge in [0.2, 0.25) is 0 Å². The summed E-state index contributed by atoms with van der Waals surface area (Å²) in [4.78, 5) is 2.42. The number of halogens is 4. The quantitative estimate of drug-likeness (QED) is 0.837. The Hall–Kier alpha value is -0.0600. The number of hydrogen-bond donors (Lipinski definition) is 1. The van der Waals surface area contributed by atoms with E-state index in [0.29, 0.717) is 5.02 Å². The lowest BCUT2D eigenvalue weighted by Gasteiger charge is -2.35. The van der Waals surface area contributed by atoms with E-state index in [1.807, 2.05) is 0 Å². The van der Waals surface area contributed by atoms with E-state index in [1.54, 1.807) is 12.1 Å². The third-order valence-electron chi connectivity index (χ3n) is 3.74. The molecule has 2 nitrogen and oxygen atoms in total. The average Bonchev–Trinajstić information content (AvgIpc) is 2.44. The van der Waals surface area contributed by atoms with Crippen molar-refractivity contribution in [2.45, 2.75) is 32.2 Å². The minimum atomic E-state index is -0.198. The summed E-state index contributed by atoms with van der Waals surface area (Å²) in [5.74, 6) is -0.198. The van der Waals surface area contributed by atoms with Crippen LogP contribution in [0.15, 0.2) is 18.2 Å². The second kappa shape index (κ2) is 10.6. The van der Waals surface area contributed by atoms with E-state index in [1.165, 1.54) is 6.07 Å². The topological polar surface area (TPSA) is 15.3 Å². The summed E-state index contributed by atoms with van der Waals surface area (Å²) in [6.45, 7) is 6.18. The Balaban J connectivity index is 0.00000200. The number of unbranched alkanes of at least 4 members (excludes halogenated alkanes) is 1. The van der Waals surface area contributed by atoms with E-state index in [4.69, 9.17) is 11.6 Å². The van der Waals surface area contributed by atoms with Crippen molar-refractivity contribution >= 4 is 36.4 Å². The third kappa shape index (κ3) is 5.91. The summed E-state index contributed by atoms with van der Waals surface area (Å²) in [5, 5.41) is 4.04. The fraction of sp³-hybridized carbons (Fsp3) is 0.600. The first-order chi connectivity index (χ1) is 9.22. The van der Waals surface area contributed by atoms with Crippen LogP contribution < -0.4 is 5.32 Å². The maximum Gasteiger partial charge on any atom is 0.123 e. The minimum absolute atomic E-state index is 0. The van der Waals surface area contributed by atoms with Crippen molar-refractivity contribution in [2.75, 3.05) is 26.2 Å². The van der Waals surface area contributed by atoms with Gasteiger partial charge in [-0.2, -0.15) is 0 Å². The summed E-state index contributed by atoms with van der Waals surface area (Å²) in [6.07, 6.45) is 3.33. The highest BCUT2D eigenvalue weighted by atomic mass is 35.5. The van der Waals surface area contributed by atoms with Crippen LogP contribution in [0.4, 0.5) is 4.39 Å². The standard InChI is InChI=1S/C15H22ClFN2.2ClH/c1-2-3-4-15(19-9-7-18-8-10-19)13-11-12(17)5-6-14(13)16;;/h5-6,11,15,18H,2-4,7-10H2,1H3;2*1H/t15-;;/m0../s1. The molecule has 1 heterocycles. The molecule has 1 aliphatic heterocycles. The van der Waals surface area contributed by atoms with Gasteiger partial charge in [0.1, 0.15) is 5.82 Å². The zero-order valence-electron chi connectivity index (χ0n) is 12.3. The Morgan fingerprint density at radius 1 is 1.29 bits per heavy atom. The molecular formula is C15H24Cl3FN2. The van der Waals surface area contributed by atoms with E-state index < -0.39 is 0 Å². The predicted molar refractivity (Wildman–Crippen MR) is 92.6 cm³/mol. The normalized spacial score (nSPS) is 16.7. The molecule has 2 rings (SSSR count). The number of hydrogen-bond acceptors (Lipinski definition) is 2. The molecular weight excluding hydrogens is 334 g/mol. The molecule has 1 N–H and O–H groups in total. The molecule has 0 aromatic heterocycles. The third-order valence-corrected chi connectivity index (χ3v) is 4.08.